The average Bonchev–Trinajstić information content (AvgIpc) is 2.80. The van der Waals surface area contributed by atoms with Gasteiger partial charge in [0, 0.05) is 18.2 Å². The van der Waals surface area contributed by atoms with Crippen molar-refractivity contribution in [2.24, 2.45) is 17.8 Å². The van der Waals surface area contributed by atoms with Gasteiger partial charge in [-0.25, -0.2) is 14.4 Å². The lowest BCUT2D eigenvalue weighted by Gasteiger charge is -2.24. The first-order valence-electron chi connectivity index (χ1n) is 9.02. The fourth-order valence-corrected chi connectivity index (χ4v) is 2.07. The molecule has 12 nitrogen and oxygen atoms in total. The molecule has 0 heterocycles. The highest BCUT2D eigenvalue weighted by Gasteiger charge is 2.38. The summed E-state index contributed by atoms with van der Waals surface area (Å²) in [4.78, 5) is 62.8. The molecule has 3 unspecified atom stereocenters. The van der Waals surface area contributed by atoms with Crippen molar-refractivity contribution < 1.29 is 58.3 Å². The van der Waals surface area contributed by atoms with Crippen LogP contribution >= 0.6 is 0 Å². The van der Waals surface area contributed by atoms with Gasteiger partial charge in [0.15, 0.2) is 0 Å². The number of methoxy groups -OCH3 is 3. The molecule has 0 spiro atoms. The van der Waals surface area contributed by atoms with E-state index >= 15 is 0 Å². The second-order valence-corrected chi connectivity index (χ2v) is 5.87. The van der Waals surface area contributed by atoms with Crippen molar-refractivity contribution in [1.82, 2.24) is 0 Å². The average molecular weight is 503 g/mol. The van der Waals surface area contributed by atoms with Crippen LogP contribution in [0, 0.1) is 17.8 Å². The van der Waals surface area contributed by atoms with E-state index in [0.717, 1.165) is 12.2 Å². The van der Waals surface area contributed by atoms with Gasteiger partial charge in [0.2, 0.25) is 0 Å². The Kier molecular flexibility index (Phi) is 23.5. The smallest absolute Gasteiger partial charge is 0.330 e. The lowest BCUT2D eigenvalue weighted by Crippen LogP contribution is -2.34. The van der Waals surface area contributed by atoms with Gasteiger partial charge in [-0.1, -0.05) is 45.7 Å². The van der Waals surface area contributed by atoms with E-state index in [1.165, 1.54) is 51.7 Å². The lowest BCUT2D eigenvalue weighted by atomic mass is 9.79. The predicted octanol–water partition coefficient (Wildman–Crippen LogP) is 2.11. The van der Waals surface area contributed by atoms with Crippen LogP contribution in [0.5, 0.6) is 0 Å². The molecule has 1 aliphatic carbocycles. The number of allylic oxidation sites excluding steroid dienone is 2. The van der Waals surface area contributed by atoms with Gasteiger partial charge < -0.3 is 29.5 Å². The Bertz CT molecular complexity index is 783. The summed E-state index contributed by atoms with van der Waals surface area (Å²) in [6, 6.07) is 0. The van der Waals surface area contributed by atoms with Crippen molar-refractivity contribution in [1.29, 1.82) is 0 Å². The molecule has 35 heavy (non-hydrogen) atoms. The van der Waals surface area contributed by atoms with Crippen molar-refractivity contribution in [3.8, 4) is 0 Å². The van der Waals surface area contributed by atoms with Crippen LogP contribution in [-0.4, -0.2) is 72.5 Å². The first-order valence-corrected chi connectivity index (χ1v) is 9.02. The highest BCUT2D eigenvalue weighted by molar-refractivity contribution is 5.85. The number of aliphatic carboxylic acids is 3. The minimum absolute atomic E-state index is 0. The number of hydrogen-bond donors (Lipinski definition) is 3. The van der Waals surface area contributed by atoms with Crippen molar-refractivity contribution in [2.75, 3.05) is 21.3 Å². The van der Waals surface area contributed by atoms with Gasteiger partial charge in [0.25, 0.3) is 0 Å². The summed E-state index contributed by atoms with van der Waals surface area (Å²) in [7, 11) is 3.86. The van der Waals surface area contributed by atoms with Crippen molar-refractivity contribution in [3.63, 3.8) is 0 Å². The van der Waals surface area contributed by atoms with Gasteiger partial charge in [-0.15, -0.1) is 0 Å². The van der Waals surface area contributed by atoms with Crippen LogP contribution in [0.3, 0.4) is 0 Å². The molecule has 1 rings (SSSR count). The van der Waals surface area contributed by atoms with Gasteiger partial charge in [0.1, 0.15) is 0 Å². The summed E-state index contributed by atoms with van der Waals surface area (Å²) in [6.07, 6.45) is 8.48. The fraction of sp³-hybridized carbons (Fsp3) is 0.391. The minimum Gasteiger partial charge on any atom is -0.481 e. The molecule has 198 valence electrons. The van der Waals surface area contributed by atoms with Crippen molar-refractivity contribution in [3.05, 3.63) is 49.1 Å². The molecule has 0 saturated carbocycles. The van der Waals surface area contributed by atoms with Crippen LogP contribution in [0.2, 0.25) is 0 Å². The van der Waals surface area contributed by atoms with Crippen LogP contribution in [0.4, 0.5) is 0 Å². The Labute approximate surface area is 204 Å². The lowest BCUT2D eigenvalue weighted by molar-refractivity contribution is -0.154. The van der Waals surface area contributed by atoms with E-state index in [1.807, 2.05) is 0 Å². The maximum Gasteiger partial charge on any atom is 0.330 e. The van der Waals surface area contributed by atoms with Gasteiger partial charge >= 0.3 is 35.8 Å². The zero-order chi connectivity index (χ0) is 26.0. The van der Waals surface area contributed by atoms with Gasteiger partial charge in [-0.05, 0) is 6.42 Å². The monoisotopic (exact) mass is 502 g/mol. The first-order chi connectivity index (χ1) is 15.4. The number of carbonyl (C=O) groups excluding carboxylic acids is 3. The molecule has 0 aliphatic heterocycles. The second kappa shape index (κ2) is 21.6. The Balaban J connectivity index is -0.000000217. The van der Waals surface area contributed by atoms with E-state index in [1.54, 1.807) is 0 Å². The summed E-state index contributed by atoms with van der Waals surface area (Å²) in [5, 5.41) is 26.2. The summed E-state index contributed by atoms with van der Waals surface area (Å²) >= 11 is 0. The van der Waals surface area contributed by atoms with E-state index < -0.39 is 53.6 Å². The van der Waals surface area contributed by atoms with Gasteiger partial charge in [-0.2, -0.15) is 0 Å². The zero-order valence-corrected chi connectivity index (χ0v) is 18.2. The number of hydrogen-bond acceptors (Lipinski definition) is 9. The Hall–Kier alpha value is -4.22. The number of carboxylic acids is 3. The van der Waals surface area contributed by atoms with Crippen LogP contribution in [0.15, 0.2) is 49.1 Å². The van der Waals surface area contributed by atoms with E-state index in [0.29, 0.717) is 0 Å². The maximum atomic E-state index is 10.7. The molecule has 0 radical (unpaired) electrons. The van der Waals surface area contributed by atoms with Crippen molar-refractivity contribution in [2.45, 2.75) is 21.3 Å². The summed E-state index contributed by atoms with van der Waals surface area (Å²) < 4.78 is 12.8. The molecule has 0 aromatic carbocycles. The molecular formula is C23H34O12. The standard InChI is InChI=1S/C9H10O6.C8H10O4.C4H6O2.2CH4/c10-7(11)4-1-2-5(8(12)13)6(3-4)9(14)15;1-11-7(9)5-3-4-6-8(10)12-2;1-3-4(5)6-2;;/h1-2,4-6H,3H2,(H,10,11)(H,12,13)(H,14,15);3-6H,1-2H3;3H,1H2,2H3;2*1H4/b;5-3+,6-4+;;;. The number of carbonyl (C=O) groups is 6. The quantitative estimate of drug-likeness (QED) is 0.151. The number of rotatable bonds is 7. The van der Waals surface area contributed by atoms with Crippen LogP contribution in [0.25, 0.3) is 0 Å². The number of ether oxygens (including phenoxy) is 3. The topological polar surface area (TPSA) is 191 Å². The fourth-order valence-electron chi connectivity index (χ4n) is 2.07. The molecule has 12 heteroatoms. The normalized spacial score (nSPS) is 17.5. The van der Waals surface area contributed by atoms with E-state index in [4.69, 9.17) is 15.3 Å². The maximum absolute atomic E-state index is 10.7. The summed E-state index contributed by atoms with van der Waals surface area (Å²) in [5.74, 6) is -8.22. The largest absolute Gasteiger partial charge is 0.481 e. The van der Waals surface area contributed by atoms with Crippen LogP contribution < -0.4 is 0 Å². The second-order valence-electron chi connectivity index (χ2n) is 5.87. The predicted molar refractivity (Wildman–Crippen MR) is 125 cm³/mol. The Morgan fingerprint density at radius 3 is 1.43 bits per heavy atom. The Morgan fingerprint density at radius 1 is 0.743 bits per heavy atom. The van der Waals surface area contributed by atoms with Crippen LogP contribution in [-0.2, 0) is 43.0 Å². The molecule has 0 aromatic rings. The minimum atomic E-state index is -1.28. The van der Waals surface area contributed by atoms with E-state index in [-0.39, 0.29) is 21.3 Å². The SMILES string of the molecule is C.C.C=CC(=O)OC.COC(=O)/C=C/C=C/C(=O)OC.O=C(O)C1C=CC(C(=O)O)C(C(=O)O)C1. The van der Waals surface area contributed by atoms with Gasteiger partial charge in [-0.3, -0.25) is 14.4 Å². The first kappa shape index (κ1) is 38.1. The van der Waals surface area contributed by atoms with E-state index in [9.17, 15) is 28.8 Å². The third-order valence-electron chi connectivity index (χ3n) is 3.76. The molecule has 3 atom stereocenters. The molecule has 0 aromatic heterocycles. The molecule has 0 saturated heterocycles. The van der Waals surface area contributed by atoms with Crippen molar-refractivity contribution >= 4 is 35.8 Å². The highest BCUT2D eigenvalue weighted by atomic mass is 16.5. The zero-order valence-electron chi connectivity index (χ0n) is 18.2. The molecule has 0 amide bonds. The Morgan fingerprint density at radius 2 is 1.17 bits per heavy atom. The third kappa shape index (κ3) is 18.0. The summed E-state index contributed by atoms with van der Waals surface area (Å²) in [5.41, 5.74) is 0. The third-order valence-corrected chi connectivity index (χ3v) is 3.76. The molecule has 3 N–H and O–H groups in total. The molecule has 1 aliphatic rings. The summed E-state index contributed by atoms with van der Waals surface area (Å²) in [6.45, 7) is 3.16. The van der Waals surface area contributed by atoms with Gasteiger partial charge in [0.05, 0.1) is 39.1 Å². The molecular weight excluding hydrogens is 468 g/mol. The van der Waals surface area contributed by atoms with Crippen LogP contribution in [0.1, 0.15) is 21.3 Å². The number of esters is 3. The molecule has 0 bridgehead atoms. The number of carboxylic acid groups (broad SMARTS) is 3. The van der Waals surface area contributed by atoms with E-state index in [2.05, 4.69) is 20.8 Å². The molecule has 0 fully saturated rings. The highest BCUT2D eigenvalue weighted by Crippen LogP contribution is 2.29.